The molecule has 1 aromatic rings. The largest absolute Gasteiger partial charge is 0.494 e. The van der Waals surface area contributed by atoms with E-state index in [9.17, 15) is 4.79 Å². The molecule has 3 aliphatic heterocycles. The second-order valence-electron chi connectivity index (χ2n) is 5.69. The molecular weight excluding hydrogens is 254 g/mol. The number of piperidine rings is 3. The summed E-state index contributed by atoms with van der Waals surface area (Å²) in [7, 11) is 0. The van der Waals surface area contributed by atoms with E-state index >= 15 is 0 Å². The molecule has 1 atom stereocenters. The van der Waals surface area contributed by atoms with Crippen molar-refractivity contribution in [3.8, 4) is 5.75 Å². The quantitative estimate of drug-likeness (QED) is 0.831. The van der Waals surface area contributed by atoms with E-state index in [4.69, 9.17) is 9.47 Å². The van der Waals surface area contributed by atoms with Gasteiger partial charge < -0.3 is 14.4 Å². The minimum absolute atomic E-state index is 0.103. The average Bonchev–Trinajstić information content (AvgIpc) is 2.49. The van der Waals surface area contributed by atoms with Crippen molar-refractivity contribution in [3.05, 3.63) is 29.8 Å². The Morgan fingerprint density at radius 1 is 1.25 bits per heavy atom. The van der Waals surface area contributed by atoms with E-state index in [1.54, 1.807) is 17.0 Å². The van der Waals surface area contributed by atoms with Crippen LogP contribution in [0.25, 0.3) is 0 Å². The van der Waals surface area contributed by atoms with Crippen molar-refractivity contribution in [3.63, 3.8) is 0 Å². The Bertz CT molecular complexity index is 463. The van der Waals surface area contributed by atoms with E-state index in [0.717, 1.165) is 12.3 Å². The first-order chi connectivity index (χ1) is 9.76. The molecule has 4 rings (SSSR count). The highest BCUT2D eigenvalue weighted by Crippen LogP contribution is 2.22. The van der Waals surface area contributed by atoms with Crippen LogP contribution in [0.5, 0.6) is 5.75 Å². The number of esters is 1. The fraction of sp³-hybridized carbons (Fsp3) is 0.562. The number of rotatable bonds is 4. The average molecular weight is 276 g/mol. The maximum atomic E-state index is 12.2. The zero-order valence-electron chi connectivity index (χ0n) is 11.9. The predicted octanol–water partition coefficient (Wildman–Crippen LogP) is 0.919. The lowest BCUT2D eigenvalue weighted by Crippen LogP contribution is -3.16. The minimum Gasteiger partial charge on any atom is -0.494 e. The zero-order chi connectivity index (χ0) is 13.9. The fourth-order valence-electron chi connectivity index (χ4n) is 3.27. The number of hydrogen-bond acceptors (Lipinski definition) is 3. The molecule has 108 valence electrons. The van der Waals surface area contributed by atoms with Gasteiger partial charge in [0.05, 0.1) is 25.3 Å². The fourth-order valence-corrected chi connectivity index (χ4v) is 3.27. The monoisotopic (exact) mass is 276 g/mol. The first kappa shape index (κ1) is 13.4. The standard InChI is InChI=1S/C16H21NO3/c1-2-19-14-5-3-13(4-6-14)16(18)20-15-11-17-9-7-12(15)8-10-17/h3-6,12,15H,2,7-11H2,1H3/p+1/t15-/m0/s1. The summed E-state index contributed by atoms with van der Waals surface area (Å²) in [5.74, 6) is 1.15. The Morgan fingerprint density at radius 2 is 1.95 bits per heavy atom. The normalized spacial score (nSPS) is 28.1. The molecular formula is C16H22NO3+. The highest BCUT2D eigenvalue weighted by Gasteiger charge is 2.39. The van der Waals surface area contributed by atoms with Gasteiger partial charge >= 0.3 is 5.97 Å². The molecule has 4 nitrogen and oxygen atoms in total. The summed E-state index contributed by atoms with van der Waals surface area (Å²) in [6.45, 7) is 6.03. The first-order valence-corrected chi connectivity index (χ1v) is 7.53. The van der Waals surface area contributed by atoms with Crippen LogP contribution in [-0.4, -0.2) is 38.3 Å². The van der Waals surface area contributed by atoms with Crippen LogP contribution in [0.15, 0.2) is 24.3 Å². The van der Waals surface area contributed by atoms with Gasteiger partial charge in [0, 0.05) is 18.8 Å². The Balaban J connectivity index is 1.61. The topological polar surface area (TPSA) is 40.0 Å². The third-order valence-corrected chi connectivity index (χ3v) is 4.41. The predicted molar refractivity (Wildman–Crippen MR) is 75.1 cm³/mol. The van der Waals surface area contributed by atoms with Crippen molar-refractivity contribution < 1.29 is 19.2 Å². The third kappa shape index (κ3) is 2.80. The van der Waals surface area contributed by atoms with Crippen molar-refractivity contribution in [1.29, 1.82) is 0 Å². The lowest BCUT2D eigenvalue weighted by atomic mass is 9.86. The van der Waals surface area contributed by atoms with Crippen LogP contribution in [0.3, 0.4) is 0 Å². The smallest absolute Gasteiger partial charge is 0.338 e. The molecule has 20 heavy (non-hydrogen) atoms. The third-order valence-electron chi connectivity index (χ3n) is 4.41. The molecule has 3 fully saturated rings. The van der Waals surface area contributed by atoms with E-state index in [-0.39, 0.29) is 12.1 Å². The second kappa shape index (κ2) is 5.83. The molecule has 0 unspecified atom stereocenters. The molecule has 0 spiro atoms. The molecule has 0 aliphatic carbocycles. The van der Waals surface area contributed by atoms with Gasteiger partial charge in [0.1, 0.15) is 12.3 Å². The number of nitrogens with one attached hydrogen (secondary N) is 1. The van der Waals surface area contributed by atoms with Gasteiger partial charge in [-0.1, -0.05) is 0 Å². The second-order valence-corrected chi connectivity index (χ2v) is 5.69. The van der Waals surface area contributed by atoms with Crippen LogP contribution in [0.1, 0.15) is 30.1 Å². The molecule has 1 aromatic carbocycles. The van der Waals surface area contributed by atoms with Gasteiger partial charge in [-0.25, -0.2) is 4.79 Å². The molecule has 1 N–H and O–H groups in total. The van der Waals surface area contributed by atoms with E-state index in [2.05, 4.69) is 0 Å². The van der Waals surface area contributed by atoms with E-state index in [1.165, 1.54) is 25.9 Å². The molecule has 3 saturated heterocycles. The number of hydrogen-bond donors (Lipinski definition) is 1. The molecule has 0 radical (unpaired) electrons. The van der Waals surface area contributed by atoms with Crippen LogP contribution in [0.4, 0.5) is 0 Å². The van der Waals surface area contributed by atoms with E-state index in [0.29, 0.717) is 18.1 Å². The van der Waals surface area contributed by atoms with Crippen molar-refractivity contribution in [2.24, 2.45) is 5.92 Å². The molecule has 0 aromatic heterocycles. The summed E-state index contributed by atoms with van der Waals surface area (Å²) in [5, 5.41) is 0. The number of ether oxygens (including phenoxy) is 2. The molecule has 0 saturated carbocycles. The maximum Gasteiger partial charge on any atom is 0.338 e. The van der Waals surface area contributed by atoms with Gasteiger partial charge in [0.2, 0.25) is 0 Å². The van der Waals surface area contributed by atoms with Crippen molar-refractivity contribution in [2.75, 3.05) is 26.2 Å². The lowest BCUT2D eigenvalue weighted by Gasteiger charge is -2.41. The molecule has 2 bridgehead atoms. The minimum atomic E-state index is -0.203. The number of carbonyl (C=O) groups is 1. The molecule has 0 amide bonds. The van der Waals surface area contributed by atoms with Gasteiger partial charge in [-0.15, -0.1) is 0 Å². The number of quaternary nitrogens is 1. The molecule has 3 heterocycles. The Morgan fingerprint density at radius 3 is 2.50 bits per heavy atom. The summed E-state index contributed by atoms with van der Waals surface area (Å²) in [5.41, 5.74) is 0.611. The van der Waals surface area contributed by atoms with Gasteiger partial charge in [-0.3, -0.25) is 0 Å². The van der Waals surface area contributed by atoms with E-state index < -0.39 is 0 Å². The van der Waals surface area contributed by atoms with Crippen molar-refractivity contribution in [2.45, 2.75) is 25.9 Å². The zero-order valence-corrected chi connectivity index (χ0v) is 11.9. The van der Waals surface area contributed by atoms with Crippen LogP contribution >= 0.6 is 0 Å². The summed E-state index contributed by atoms with van der Waals surface area (Å²) < 4.78 is 11.1. The van der Waals surface area contributed by atoms with Crippen LogP contribution in [0, 0.1) is 5.92 Å². The SMILES string of the molecule is CCOc1ccc(C(=O)O[C@H]2C[NH+]3CCC2CC3)cc1. The molecule has 3 aliphatic rings. The Kier molecular flexibility index (Phi) is 3.92. The van der Waals surface area contributed by atoms with E-state index in [1.807, 2.05) is 19.1 Å². The number of carbonyl (C=O) groups excluding carboxylic acids is 1. The van der Waals surface area contributed by atoms with Gasteiger partial charge in [-0.05, 0) is 31.2 Å². The summed E-state index contributed by atoms with van der Waals surface area (Å²) >= 11 is 0. The van der Waals surface area contributed by atoms with Crippen molar-refractivity contribution >= 4 is 5.97 Å². The Hall–Kier alpha value is -1.55. The number of fused-ring (bicyclic) bond motifs is 3. The Labute approximate surface area is 119 Å². The van der Waals surface area contributed by atoms with Crippen LogP contribution < -0.4 is 9.64 Å². The highest BCUT2D eigenvalue weighted by molar-refractivity contribution is 5.89. The summed E-state index contributed by atoms with van der Waals surface area (Å²) in [4.78, 5) is 13.8. The van der Waals surface area contributed by atoms with Gasteiger partial charge in [0.15, 0.2) is 6.10 Å². The maximum absolute atomic E-state index is 12.2. The van der Waals surface area contributed by atoms with Crippen LogP contribution in [-0.2, 0) is 4.74 Å². The van der Waals surface area contributed by atoms with Gasteiger partial charge in [-0.2, -0.15) is 0 Å². The summed E-state index contributed by atoms with van der Waals surface area (Å²) in [6, 6.07) is 7.20. The van der Waals surface area contributed by atoms with Gasteiger partial charge in [0.25, 0.3) is 0 Å². The van der Waals surface area contributed by atoms with Crippen LogP contribution in [0.2, 0.25) is 0 Å². The summed E-state index contributed by atoms with van der Waals surface area (Å²) in [6.07, 6.45) is 2.49. The number of benzene rings is 1. The first-order valence-electron chi connectivity index (χ1n) is 7.53. The highest BCUT2D eigenvalue weighted by atomic mass is 16.5. The lowest BCUT2D eigenvalue weighted by molar-refractivity contribution is -0.920. The van der Waals surface area contributed by atoms with Crippen molar-refractivity contribution in [1.82, 2.24) is 0 Å². The molecule has 4 heteroatoms.